The number of rotatable bonds is 4. The van der Waals surface area contributed by atoms with Crippen molar-refractivity contribution in [2.75, 3.05) is 26.7 Å². The minimum atomic E-state index is -0.514. The molecule has 7 nitrogen and oxygen atoms in total. The summed E-state index contributed by atoms with van der Waals surface area (Å²) < 4.78 is 20.8. The molecule has 1 aromatic carbocycles. The molecule has 2 aliphatic rings. The number of halogens is 2. The molecule has 0 spiro atoms. The number of nitrogens with zero attached hydrogens (tertiary/aromatic N) is 3. The summed E-state index contributed by atoms with van der Waals surface area (Å²) in [6.45, 7) is 3.10. The van der Waals surface area contributed by atoms with Crippen LogP contribution in [0.5, 0.6) is 0 Å². The molecule has 0 bridgehead atoms. The van der Waals surface area contributed by atoms with Gasteiger partial charge < -0.3 is 15.0 Å². The average molecular weight is 423 g/mol. The van der Waals surface area contributed by atoms with Gasteiger partial charge in [-0.1, -0.05) is 6.07 Å². The van der Waals surface area contributed by atoms with Gasteiger partial charge in [0.05, 0.1) is 31.5 Å². The number of benzene rings is 1. The van der Waals surface area contributed by atoms with E-state index in [0.717, 1.165) is 37.2 Å². The third-order valence-corrected chi connectivity index (χ3v) is 5.43. The van der Waals surface area contributed by atoms with Crippen LogP contribution in [0.15, 0.2) is 24.3 Å². The molecule has 1 saturated heterocycles. The summed E-state index contributed by atoms with van der Waals surface area (Å²) >= 11 is 0. The molecule has 1 fully saturated rings. The standard InChI is InChI=1S/C20H23FN4O3.ClH/c1-28-20(27)18-10-15-12-24(6-7-25(15)23-18)19(26)16-9-13(2-3-17(16)21)8-14-4-5-22-11-14;/h2-3,9-10,14,22H,4-8,11-12H2,1H3;1H. The molecular weight excluding hydrogens is 399 g/mol. The molecule has 2 aromatic rings. The first-order valence-corrected chi connectivity index (χ1v) is 9.48. The van der Waals surface area contributed by atoms with Gasteiger partial charge >= 0.3 is 5.97 Å². The first-order valence-electron chi connectivity index (χ1n) is 9.48. The number of amides is 1. The molecule has 4 rings (SSSR count). The molecule has 1 unspecified atom stereocenters. The van der Waals surface area contributed by atoms with Crippen molar-refractivity contribution in [2.24, 2.45) is 5.92 Å². The highest BCUT2D eigenvalue weighted by molar-refractivity contribution is 5.94. The molecule has 1 amide bonds. The molecule has 3 heterocycles. The predicted octanol–water partition coefficient (Wildman–Crippen LogP) is 2.04. The van der Waals surface area contributed by atoms with E-state index in [2.05, 4.69) is 10.4 Å². The quantitative estimate of drug-likeness (QED) is 0.763. The predicted molar refractivity (Wildman–Crippen MR) is 107 cm³/mol. The maximum atomic E-state index is 14.4. The molecule has 156 valence electrons. The van der Waals surface area contributed by atoms with Crippen molar-refractivity contribution in [1.82, 2.24) is 20.0 Å². The fourth-order valence-electron chi connectivity index (χ4n) is 3.90. The Morgan fingerprint density at radius 1 is 1.31 bits per heavy atom. The van der Waals surface area contributed by atoms with Crippen LogP contribution in [0.4, 0.5) is 4.39 Å². The Balaban J connectivity index is 0.00000240. The van der Waals surface area contributed by atoms with Gasteiger partial charge in [-0.2, -0.15) is 5.10 Å². The highest BCUT2D eigenvalue weighted by Crippen LogP contribution is 2.21. The van der Waals surface area contributed by atoms with Crippen molar-refractivity contribution in [1.29, 1.82) is 0 Å². The fraction of sp³-hybridized carbons (Fsp3) is 0.450. The zero-order chi connectivity index (χ0) is 19.7. The minimum absolute atomic E-state index is 0. The first kappa shape index (κ1) is 21.3. The second-order valence-electron chi connectivity index (χ2n) is 7.34. The molecule has 0 aliphatic carbocycles. The van der Waals surface area contributed by atoms with Gasteiger partial charge in [0.1, 0.15) is 5.82 Å². The average Bonchev–Trinajstić information content (AvgIpc) is 3.37. The molecule has 1 aromatic heterocycles. The van der Waals surface area contributed by atoms with Crippen LogP contribution in [-0.4, -0.2) is 53.3 Å². The third kappa shape index (κ3) is 4.43. The van der Waals surface area contributed by atoms with E-state index >= 15 is 0 Å². The largest absolute Gasteiger partial charge is 0.464 e. The van der Waals surface area contributed by atoms with Crippen LogP contribution >= 0.6 is 12.4 Å². The number of aromatic nitrogens is 2. The van der Waals surface area contributed by atoms with Crippen LogP contribution in [0.2, 0.25) is 0 Å². The summed E-state index contributed by atoms with van der Waals surface area (Å²) in [5.74, 6) is -0.835. The molecule has 29 heavy (non-hydrogen) atoms. The van der Waals surface area contributed by atoms with E-state index in [1.165, 1.54) is 13.2 Å². The van der Waals surface area contributed by atoms with Gasteiger partial charge in [0.15, 0.2) is 5.69 Å². The topological polar surface area (TPSA) is 76.5 Å². The number of carbonyl (C=O) groups excluding carboxylic acids is 2. The van der Waals surface area contributed by atoms with Gasteiger partial charge in [-0.15, -0.1) is 12.4 Å². The van der Waals surface area contributed by atoms with Crippen molar-refractivity contribution in [3.05, 3.63) is 52.6 Å². The Hall–Kier alpha value is -2.45. The molecule has 0 radical (unpaired) electrons. The zero-order valence-electron chi connectivity index (χ0n) is 16.2. The number of carbonyl (C=O) groups is 2. The van der Waals surface area contributed by atoms with Gasteiger partial charge in [0.25, 0.3) is 5.91 Å². The van der Waals surface area contributed by atoms with E-state index in [4.69, 9.17) is 4.74 Å². The Morgan fingerprint density at radius 3 is 2.86 bits per heavy atom. The van der Waals surface area contributed by atoms with Crippen LogP contribution in [0.1, 0.15) is 38.5 Å². The van der Waals surface area contributed by atoms with Crippen LogP contribution in [0.3, 0.4) is 0 Å². The summed E-state index contributed by atoms with van der Waals surface area (Å²) in [4.78, 5) is 26.2. The van der Waals surface area contributed by atoms with Crippen LogP contribution in [-0.2, 0) is 24.2 Å². The van der Waals surface area contributed by atoms with Crippen molar-refractivity contribution in [3.63, 3.8) is 0 Å². The van der Waals surface area contributed by atoms with Crippen LogP contribution in [0, 0.1) is 11.7 Å². The summed E-state index contributed by atoms with van der Waals surface area (Å²) in [5.41, 5.74) is 2.02. The van der Waals surface area contributed by atoms with Crippen LogP contribution in [0.25, 0.3) is 0 Å². The Bertz CT molecular complexity index is 911. The number of fused-ring (bicyclic) bond motifs is 1. The number of hydrogen-bond acceptors (Lipinski definition) is 5. The van der Waals surface area contributed by atoms with E-state index in [-0.39, 0.29) is 36.1 Å². The van der Waals surface area contributed by atoms with Gasteiger partial charge in [-0.3, -0.25) is 9.48 Å². The number of esters is 1. The summed E-state index contributed by atoms with van der Waals surface area (Å²) in [6, 6.07) is 6.44. The van der Waals surface area contributed by atoms with Gasteiger partial charge in [-0.05, 0) is 55.6 Å². The molecule has 9 heteroatoms. The lowest BCUT2D eigenvalue weighted by Crippen LogP contribution is -2.38. The van der Waals surface area contributed by atoms with E-state index in [1.807, 2.05) is 0 Å². The second-order valence-corrected chi connectivity index (χ2v) is 7.34. The summed E-state index contributed by atoms with van der Waals surface area (Å²) in [7, 11) is 1.30. The first-order chi connectivity index (χ1) is 13.5. The highest BCUT2D eigenvalue weighted by atomic mass is 35.5. The van der Waals surface area contributed by atoms with E-state index in [9.17, 15) is 14.0 Å². The Labute approximate surface area is 174 Å². The number of hydrogen-bond donors (Lipinski definition) is 1. The molecule has 0 saturated carbocycles. The maximum absolute atomic E-state index is 14.4. The lowest BCUT2D eigenvalue weighted by Gasteiger charge is -2.28. The van der Waals surface area contributed by atoms with Gasteiger partial charge in [0.2, 0.25) is 0 Å². The normalized spacial score (nSPS) is 18.1. The van der Waals surface area contributed by atoms with Crippen LogP contribution < -0.4 is 5.32 Å². The second kappa shape index (κ2) is 8.92. The number of ether oxygens (including phenoxy) is 1. The molecular formula is C20H24ClFN4O3. The summed E-state index contributed by atoms with van der Waals surface area (Å²) in [5, 5.41) is 7.53. The van der Waals surface area contributed by atoms with Crippen molar-refractivity contribution in [2.45, 2.75) is 25.9 Å². The molecule has 2 aliphatic heterocycles. The zero-order valence-corrected chi connectivity index (χ0v) is 17.0. The lowest BCUT2D eigenvalue weighted by atomic mass is 9.97. The smallest absolute Gasteiger partial charge is 0.358 e. The van der Waals surface area contributed by atoms with Crippen molar-refractivity contribution in [3.8, 4) is 0 Å². The van der Waals surface area contributed by atoms with Gasteiger partial charge in [-0.25, -0.2) is 9.18 Å². The summed E-state index contributed by atoms with van der Waals surface area (Å²) in [6.07, 6.45) is 1.93. The van der Waals surface area contributed by atoms with E-state index in [1.54, 1.807) is 27.8 Å². The Kier molecular flexibility index (Phi) is 6.54. The highest BCUT2D eigenvalue weighted by Gasteiger charge is 2.27. The molecule has 1 N–H and O–H groups in total. The number of methoxy groups -OCH3 is 1. The minimum Gasteiger partial charge on any atom is -0.464 e. The molecule has 1 atom stereocenters. The van der Waals surface area contributed by atoms with E-state index in [0.29, 0.717) is 19.0 Å². The number of nitrogens with one attached hydrogen (secondary N) is 1. The lowest BCUT2D eigenvalue weighted by molar-refractivity contribution is 0.0591. The monoisotopic (exact) mass is 422 g/mol. The maximum Gasteiger partial charge on any atom is 0.358 e. The van der Waals surface area contributed by atoms with E-state index < -0.39 is 11.8 Å². The Morgan fingerprint density at radius 2 is 2.14 bits per heavy atom. The third-order valence-electron chi connectivity index (χ3n) is 5.43. The van der Waals surface area contributed by atoms with Crippen molar-refractivity contribution < 1.29 is 18.7 Å². The van der Waals surface area contributed by atoms with Gasteiger partial charge in [0, 0.05) is 6.54 Å². The fourth-order valence-corrected chi connectivity index (χ4v) is 3.90. The van der Waals surface area contributed by atoms with Crippen molar-refractivity contribution >= 4 is 24.3 Å². The SMILES string of the molecule is COC(=O)c1cc2n(n1)CCN(C(=O)c1cc(CC3CCNC3)ccc1F)C2.Cl.